The number of rotatable bonds is 8. The molecule has 172 valence electrons. The summed E-state index contributed by atoms with van der Waals surface area (Å²) in [6.45, 7) is 4.29. The van der Waals surface area contributed by atoms with Crippen LogP contribution in [0.3, 0.4) is 0 Å². The minimum atomic E-state index is -0.524. The lowest BCUT2D eigenvalue weighted by molar-refractivity contribution is -0.136. The second kappa shape index (κ2) is 9.99. The van der Waals surface area contributed by atoms with Crippen molar-refractivity contribution in [1.82, 2.24) is 14.8 Å². The molecule has 33 heavy (non-hydrogen) atoms. The van der Waals surface area contributed by atoms with Gasteiger partial charge in [-0.3, -0.25) is 0 Å². The Morgan fingerprint density at radius 3 is 2.64 bits per heavy atom. The van der Waals surface area contributed by atoms with E-state index in [1.165, 1.54) is 18.9 Å². The summed E-state index contributed by atoms with van der Waals surface area (Å²) in [5, 5.41) is 8.46. The molecule has 1 aliphatic heterocycles. The maximum atomic E-state index is 12.7. The maximum absolute atomic E-state index is 12.7. The van der Waals surface area contributed by atoms with Crippen LogP contribution in [0, 0.1) is 0 Å². The Kier molecular flexibility index (Phi) is 6.88. The Morgan fingerprint density at radius 1 is 1.15 bits per heavy atom. The molecule has 1 atom stereocenters. The average Bonchev–Trinajstić information content (AvgIpc) is 3.24. The number of nitrogens with one attached hydrogen (secondary N) is 1. The van der Waals surface area contributed by atoms with Gasteiger partial charge in [-0.25, -0.2) is 9.48 Å². The monoisotopic (exact) mass is 466 g/mol. The fourth-order valence-electron chi connectivity index (χ4n) is 3.71. The number of benzene rings is 2. The molecule has 0 spiro atoms. The standard InChI is InChI=1S/C24H26N4O4S/c1-5-33-24-26-23-25-15(2)20(22(29)31-4)21(28(23)27-24)17-11-12-18(19(13-17)30-3)32-14-16-9-7-6-8-10-16/h6-13,21H,5,14H2,1-4H3,(H,25,26,27). The van der Waals surface area contributed by atoms with Gasteiger partial charge in [-0.2, -0.15) is 4.98 Å². The number of carbonyl (C=O) groups is 1. The number of anilines is 1. The van der Waals surface area contributed by atoms with Crippen molar-refractivity contribution in [1.29, 1.82) is 0 Å². The molecule has 1 N–H and O–H groups in total. The fourth-order valence-corrected chi connectivity index (χ4v) is 4.27. The first-order chi connectivity index (χ1) is 16.0. The number of fused-ring (bicyclic) bond motifs is 1. The predicted octanol–water partition coefficient (Wildman–Crippen LogP) is 4.44. The molecule has 1 aliphatic rings. The molecule has 0 fully saturated rings. The van der Waals surface area contributed by atoms with Gasteiger partial charge in [0.2, 0.25) is 11.1 Å². The number of esters is 1. The summed E-state index contributed by atoms with van der Waals surface area (Å²) in [5.74, 6) is 2.16. The average molecular weight is 467 g/mol. The van der Waals surface area contributed by atoms with Crippen LogP contribution in [-0.4, -0.2) is 40.7 Å². The van der Waals surface area contributed by atoms with E-state index in [2.05, 4.69) is 15.4 Å². The van der Waals surface area contributed by atoms with E-state index in [0.717, 1.165) is 16.9 Å². The first-order valence-electron chi connectivity index (χ1n) is 10.6. The molecule has 2 aromatic carbocycles. The Balaban J connectivity index is 1.72. The van der Waals surface area contributed by atoms with Crippen LogP contribution in [0.4, 0.5) is 5.95 Å². The first-order valence-corrected chi connectivity index (χ1v) is 11.5. The lowest BCUT2D eigenvalue weighted by Crippen LogP contribution is -2.29. The molecule has 1 unspecified atom stereocenters. The van der Waals surface area contributed by atoms with Crippen LogP contribution in [-0.2, 0) is 16.1 Å². The van der Waals surface area contributed by atoms with E-state index >= 15 is 0 Å². The van der Waals surface area contributed by atoms with Gasteiger partial charge in [0.1, 0.15) is 12.6 Å². The molecule has 9 heteroatoms. The quantitative estimate of drug-likeness (QED) is 0.385. The third-order valence-electron chi connectivity index (χ3n) is 5.25. The van der Waals surface area contributed by atoms with Gasteiger partial charge in [0.05, 0.1) is 19.8 Å². The molecule has 0 saturated carbocycles. The highest BCUT2D eigenvalue weighted by Crippen LogP contribution is 2.39. The summed E-state index contributed by atoms with van der Waals surface area (Å²) in [6.07, 6.45) is 0. The highest BCUT2D eigenvalue weighted by molar-refractivity contribution is 7.99. The van der Waals surface area contributed by atoms with E-state index in [0.29, 0.717) is 40.5 Å². The molecule has 0 amide bonds. The van der Waals surface area contributed by atoms with Gasteiger partial charge in [0.25, 0.3) is 0 Å². The van der Waals surface area contributed by atoms with E-state index in [1.54, 1.807) is 11.8 Å². The maximum Gasteiger partial charge on any atom is 0.338 e. The van der Waals surface area contributed by atoms with Crippen molar-refractivity contribution in [2.45, 2.75) is 31.7 Å². The molecule has 2 heterocycles. The van der Waals surface area contributed by atoms with E-state index in [4.69, 9.17) is 14.2 Å². The summed E-state index contributed by atoms with van der Waals surface area (Å²) < 4.78 is 18.4. The number of hydrogen-bond donors (Lipinski definition) is 1. The fraction of sp³-hybridized carbons (Fsp3) is 0.292. The van der Waals surface area contributed by atoms with Crippen molar-refractivity contribution < 1.29 is 19.0 Å². The highest BCUT2D eigenvalue weighted by Gasteiger charge is 2.35. The number of carbonyl (C=O) groups excluding carboxylic acids is 1. The number of nitrogens with zero attached hydrogens (tertiary/aromatic N) is 3. The van der Waals surface area contributed by atoms with Gasteiger partial charge in [0.15, 0.2) is 11.5 Å². The topological polar surface area (TPSA) is 87.5 Å². The van der Waals surface area contributed by atoms with Crippen LogP contribution in [0.25, 0.3) is 0 Å². The molecular formula is C24H26N4O4S. The van der Waals surface area contributed by atoms with Crippen LogP contribution in [0.1, 0.15) is 31.0 Å². The molecular weight excluding hydrogens is 440 g/mol. The van der Waals surface area contributed by atoms with Crippen LogP contribution in [0.2, 0.25) is 0 Å². The van der Waals surface area contributed by atoms with Gasteiger partial charge in [-0.1, -0.05) is 55.1 Å². The van der Waals surface area contributed by atoms with Gasteiger partial charge in [-0.05, 0) is 35.9 Å². The zero-order chi connectivity index (χ0) is 23.4. The summed E-state index contributed by atoms with van der Waals surface area (Å²) in [7, 11) is 2.96. The molecule has 0 bridgehead atoms. The van der Waals surface area contributed by atoms with Gasteiger partial charge in [0, 0.05) is 5.70 Å². The number of allylic oxidation sites excluding steroid dienone is 1. The summed E-state index contributed by atoms with van der Waals surface area (Å²) in [5.41, 5.74) is 2.99. The number of thioether (sulfide) groups is 1. The molecule has 0 aliphatic carbocycles. The second-order valence-electron chi connectivity index (χ2n) is 7.34. The number of methoxy groups -OCH3 is 2. The van der Waals surface area contributed by atoms with E-state index in [9.17, 15) is 4.79 Å². The lowest BCUT2D eigenvalue weighted by Gasteiger charge is -2.28. The third-order valence-corrected chi connectivity index (χ3v) is 5.97. The molecule has 8 nitrogen and oxygen atoms in total. The first kappa shape index (κ1) is 22.7. The number of aromatic nitrogens is 3. The van der Waals surface area contributed by atoms with E-state index in [1.807, 2.05) is 62.4 Å². The van der Waals surface area contributed by atoms with E-state index < -0.39 is 12.0 Å². The Hall–Kier alpha value is -3.46. The Bertz CT molecular complexity index is 1180. The van der Waals surface area contributed by atoms with Crippen molar-refractivity contribution in [2.24, 2.45) is 0 Å². The second-order valence-corrected chi connectivity index (χ2v) is 8.57. The Labute approximate surface area is 197 Å². The minimum Gasteiger partial charge on any atom is -0.493 e. The predicted molar refractivity (Wildman–Crippen MR) is 127 cm³/mol. The summed E-state index contributed by atoms with van der Waals surface area (Å²) >= 11 is 1.53. The molecule has 0 radical (unpaired) electrons. The molecule has 1 aromatic heterocycles. The van der Waals surface area contributed by atoms with Crippen molar-refractivity contribution in [3.63, 3.8) is 0 Å². The third kappa shape index (κ3) is 4.68. The summed E-state index contributed by atoms with van der Waals surface area (Å²) in [4.78, 5) is 17.3. The van der Waals surface area contributed by atoms with Crippen LogP contribution < -0.4 is 14.8 Å². The Morgan fingerprint density at radius 2 is 1.94 bits per heavy atom. The highest BCUT2D eigenvalue weighted by atomic mass is 32.2. The van der Waals surface area contributed by atoms with Gasteiger partial charge in [-0.15, -0.1) is 5.10 Å². The molecule has 0 saturated heterocycles. The van der Waals surface area contributed by atoms with Gasteiger partial charge >= 0.3 is 5.97 Å². The van der Waals surface area contributed by atoms with Crippen LogP contribution in [0.5, 0.6) is 11.5 Å². The number of hydrogen-bond acceptors (Lipinski definition) is 8. The van der Waals surface area contributed by atoms with Crippen molar-refractivity contribution in [3.8, 4) is 11.5 Å². The zero-order valence-electron chi connectivity index (χ0n) is 19.0. The van der Waals surface area contributed by atoms with Crippen molar-refractivity contribution >= 4 is 23.7 Å². The lowest BCUT2D eigenvalue weighted by atomic mass is 9.95. The van der Waals surface area contributed by atoms with Crippen molar-refractivity contribution in [3.05, 3.63) is 70.9 Å². The minimum absolute atomic E-state index is 0.418. The number of ether oxygens (including phenoxy) is 3. The largest absolute Gasteiger partial charge is 0.493 e. The van der Waals surface area contributed by atoms with E-state index in [-0.39, 0.29) is 0 Å². The van der Waals surface area contributed by atoms with Gasteiger partial charge < -0.3 is 19.5 Å². The SMILES string of the molecule is CCSc1nc2n(n1)C(c1ccc(OCc3ccccc3)c(OC)c1)C(C(=O)OC)=C(C)N2. The van der Waals surface area contributed by atoms with Crippen molar-refractivity contribution in [2.75, 3.05) is 25.3 Å². The van der Waals surface area contributed by atoms with Crippen LogP contribution in [0.15, 0.2) is 65.0 Å². The van der Waals surface area contributed by atoms with Crippen LogP contribution >= 0.6 is 11.8 Å². The summed E-state index contributed by atoms with van der Waals surface area (Å²) in [6, 6.07) is 15.0. The normalized spacial score (nSPS) is 15.0. The smallest absolute Gasteiger partial charge is 0.338 e. The molecule has 3 aromatic rings. The zero-order valence-corrected chi connectivity index (χ0v) is 19.8. The molecule has 4 rings (SSSR count).